The molecule has 1 heterocycles. The Balaban J connectivity index is 1.50. The Bertz CT molecular complexity index is 1070. The lowest BCUT2D eigenvalue weighted by Gasteiger charge is -2.13. The molecule has 158 valence electrons. The third kappa shape index (κ3) is 6.15. The number of anilines is 1. The van der Waals surface area contributed by atoms with Gasteiger partial charge < -0.3 is 5.32 Å². The highest BCUT2D eigenvalue weighted by molar-refractivity contribution is 7.92. The summed E-state index contributed by atoms with van der Waals surface area (Å²) in [5.74, 6) is -0.383. The molecule has 1 atom stereocenters. The van der Waals surface area contributed by atoms with Gasteiger partial charge in [0.2, 0.25) is 5.91 Å². The van der Waals surface area contributed by atoms with Crippen LogP contribution >= 0.6 is 0 Å². The number of sulfonamides is 1. The van der Waals surface area contributed by atoms with Crippen molar-refractivity contribution in [3.8, 4) is 0 Å². The molecule has 0 bridgehead atoms. The zero-order chi connectivity index (χ0) is 21.6. The molecule has 0 saturated carbocycles. The van der Waals surface area contributed by atoms with E-state index in [1.165, 1.54) is 12.1 Å². The number of nitrogens with one attached hydrogen (secondary N) is 2. The molecule has 1 amide bonds. The lowest BCUT2D eigenvalue weighted by molar-refractivity contribution is -0.120. The number of carbonyl (C=O) groups is 1. The number of carbonyl (C=O) groups excluding carboxylic acids is 1. The van der Waals surface area contributed by atoms with Crippen molar-refractivity contribution in [1.82, 2.24) is 15.1 Å². The molecule has 3 rings (SSSR count). The van der Waals surface area contributed by atoms with E-state index in [0.717, 1.165) is 24.2 Å². The number of amides is 1. The van der Waals surface area contributed by atoms with E-state index in [1.807, 2.05) is 23.9 Å². The van der Waals surface area contributed by atoms with Crippen molar-refractivity contribution in [3.63, 3.8) is 0 Å². The average molecular weight is 431 g/mol. The van der Waals surface area contributed by atoms with E-state index >= 15 is 0 Å². The van der Waals surface area contributed by atoms with Crippen LogP contribution in [0.4, 0.5) is 10.1 Å². The van der Waals surface area contributed by atoms with Gasteiger partial charge in [0.15, 0.2) is 0 Å². The van der Waals surface area contributed by atoms with Gasteiger partial charge in [-0.1, -0.05) is 19.1 Å². The van der Waals surface area contributed by atoms with Crippen molar-refractivity contribution in [3.05, 3.63) is 78.4 Å². The number of nitrogens with zero attached hydrogens (tertiary/aromatic N) is 2. The first-order chi connectivity index (χ1) is 14.3. The van der Waals surface area contributed by atoms with E-state index in [0.29, 0.717) is 12.2 Å². The van der Waals surface area contributed by atoms with E-state index in [2.05, 4.69) is 15.1 Å². The molecule has 9 heteroatoms. The zero-order valence-electron chi connectivity index (χ0n) is 16.5. The molecule has 0 aliphatic rings. The van der Waals surface area contributed by atoms with E-state index in [-0.39, 0.29) is 23.1 Å². The molecule has 2 aromatic carbocycles. The summed E-state index contributed by atoms with van der Waals surface area (Å²) in [5, 5.41) is 7.05. The summed E-state index contributed by atoms with van der Waals surface area (Å²) in [6.07, 6.45) is 3.79. The van der Waals surface area contributed by atoms with Crippen molar-refractivity contribution in [2.24, 2.45) is 5.92 Å². The molecular weight excluding hydrogens is 407 g/mol. The topological polar surface area (TPSA) is 93.1 Å². The summed E-state index contributed by atoms with van der Waals surface area (Å²) in [7, 11) is -3.81. The second-order valence-electron chi connectivity index (χ2n) is 7.07. The molecule has 7 nitrogen and oxygen atoms in total. The third-order valence-corrected chi connectivity index (χ3v) is 5.80. The highest BCUT2D eigenvalue weighted by Crippen LogP contribution is 2.17. The summed E-state index contributed by atoms with van der Waals surface area (Å²) < 4.78 is 41.9. The SMILES string of the molecule is CC(CNC(=O)Cc1ccc(NS(=O)(=O)c2ccc(F)cc2)cc1)Cn1cccn1. The van der Waals surface area contributed by atoms with Crippen LogP contribution in [0.2, 0.25) is 0 Å². The number of halogens is 1. The molecule has 1 aromatic heterocycles. The van der Waals surface area contributed by atoms with Crippen molar-refractivity contribution in [1.29, 1.82) is 0 Å². The average Bonchev–Trinajstić information content (AvgIpc) is 3.21. The minimum Gasteiger partial charge on any atom is -0.355 e. The van der Waals surface area contributed by atoms with Crippen molar-refractivity contribution >= 4 is 21.6 Å². The minimum atomic E-state index is -3.81. The highest BCUT2D eigenvalue weighted by Gasteiger charge is 2.14. The Labute approximate surface area is 175 Å². The number of hydrogen-bond acceptors (Lipinski definition) is 4. The van der Waals surface area contributed by atoms with Crippen LogP contribution in [0.15, 0.2) is 71.9 Å². The second kappa shape index (κ2) is 9.53. The van der Waals surface area contributed by atoms with Crippen LogP contribution in [0.1, 0.15) is 12.5 Å². The lowest BCUT2D eigenvalue weighted by atomic mass is 10.1. The highest BCUT2D eigenvalue weighted by atomic mass is 32.2. The van der Waals surface area contributed by atoms with Crippen LogP contribution in [0, 0.1) is 11.7 Å². The minimum absolute atomic E-state index is 0.0309. The zero-order valence-corrected chi connectivity index (χ0v) is 17.3. The summed E-state index contributed by atoms with van der Waals surface area (Å²) in [6.45, 7) is 3.29. The molecule has 0 fully saturated rings. The molecule has 0 spiro atoms. The van der Waals surface area contributed by atoms with Gasteiger partial charge >= 0.3 is 0 Å². The first kappa shape index (κ1) is 21.5. The first-order valence-corrected chi connectivity index (χ1v) is 10.9. The van der Waals surface area contributed by atoms with E-state index in [9.17, 15) is 17.6 Å². The van der Waals surface area contributed by atoms with Crippen molar-refractivity contribution < 1.29 is 17.6 Å². The van der Waals surface area contributed by atoms with Gasteiger partial charge in [-0.2, -0.15) is 5.10 Å². The van der Waals surface area contributed by atoms with Crippen LogP contribution in [-0.4, -0.2) is 30.7 Å². The van der Waals surface area contributed by atoms with E-state index in [1.54, 1.807) is 30.5 Å². The fourth-order valence-corrected chi connectivity index (χ4v) is 3.91. The molecule has 0 aliphatic heterocycles. The monoisotopic (exact) mass is 430 g/mol. The van der Waals surface area contributed by atoms with Gasteiger partial charge in [0.1, 0.15) is 5.82 Å². The molecule has 2 N–H and O–H groups in total. The third-order valence-electron chi connectivity index (χ3n) is 4.40. The molecule has 1 unspecified atom stereocenters. The normalized spacial score (nSPS) is 12.3. The molecule has 0 saturated heterocycles. The molecule has 0 radical (unpaired) electrons. The lowest BCUT2D eigenvalue weighted by Crippen LogP contribution is -2.31. The van der Waals surface area contributed by atoms with Crippen molar-refractivity contribution in [2.45, 2.75) is 24.8 Å². The Kier molecular flexibility index (Phi) is 6.83. The Morgan fingerprint density at radius 2 is 1.83 bits per heavy atom. The van der Waals surface area contributed by atoms with Gasteiger partial charge in [-0.05, 0) is 53.9 Å². The number of benzene rings is 2. The van der Waals surface area contributed by atoms with E-state index < -0.39 is 15.8 Å². The number of rotatable bonds is 9. The van der Waals surface area contributed by atoms with Gasteiger partial charge in [-0.25, -0.2) is 12.8 Å². The van der Waals surface area contributed by atoms with Crippen LogP contribution in [0.5, 0.6) is 0 Å². The molecule has 0 aliphatic carbocycles. The molecule has 30 heavy (non-hydrogen) atoms. The maximum Gasteiger partial charge on any atom is 0.261 e. The van der Waals surface area contributed by atoms with Gasteiger partial charge in [0.25, 0.3) is 10.0 Å². The molecule has 3 aromatic rings. The standard InChI is InChI=1S/C21H23FN4O3S/c1-16(15-26-12-2-11-24-26)14-23-21(27)13-17-3-7-19(8-4-17)25-30(28,29)20-9-5-18(22)6-10-20/h2-12,16,25H,13-15H2,1H3,(H,23,27). The summed E-state index contributed by atoms with van der Waals surface area (Å²) in [4.78, 5) is 12.1. The summed E-state index contributed by atoms with van der Waals surface area (Å²) >= 11 is 0. The first-order valence-electron chi connectivity index (χ1n) is 9.43. The Hall–Kier alpha value is -3.20. The molecular formula is C21H23FN4O3S. The maximum atomic E-state index is 13.0. The van der Waals surface area contributed by atoms with Crippen LogP contribution in [-0.2, 0) is 27.8 Å². The number of hydrogen-bond donors (Lipinski definition) is 2. The summed E-state index contributed by atoms with van der Waals surface area (Å²) in [6, 6.07) is 13.0. The Morgan fingerprint density at radius 3 is 2.47 bits per heavy atom. The fourth-order valence-electron chi connectivity index (χ4n) is 2.85. The van der Waals surface area contributed by atoms with Gasteiger partial charge in [0.05, 0.1) is 11.3 Å². The largest absolute Gasteiger partial charge is 0.355 e. The maximum absolute atomic E-state index is 13.0. The van der Waals surface area contributed by atoms with Crippen molar-refractivity contribution in [2.75, 3.05) is 11.3 Å². The predicted octanol–water partition coefficient (Wildman–Crippen LogP) is 2.82. The van der Waals surface area contributed by atoms with Crippen LogP contribution in [0.25, 0.3) is 0 Å². The fraction of sp³-hybridized carbons (Fsp3) is 0.238. The van der Waals surface area contributed by atoms with Crippen LogP contribution in [0.3, 0.4) is 0 Å². The Morgan fingerprint density at radius 1 is 1.13 bits per heavy atom. The smallest absolute Gasteiger partial charge is 0.261 e. The van der Waals surface area contributed by atoms with Gasteiger partial charge in [0, 0.05) is 31.2 Å². The quantitative estimate of drug-likeness (QED) is 0.546. The number of aromatic nitrogens is 2. The van der Waals surface area contributed by atoms with Gasteiger partial charge in [-0.15, -0.1) is 0 Å². The second-order valence-corrected chi connectivity index (χ2v) is 8.75. The van der Waals surface area contributed by atoms with E-state index in [4.69, 9.17) is 0 Å². The summed E-state index contributed by atoms with van der Waals surface area (Å²) in [5.41, 5.74) is 1.12. The predicted molar refractivity (Wildman–Crippen MR) is 112 cm³/mol. The van der Waals surface area contributed by atoms with Gasteiger partial charge in [-0.3, -0.25) is 14.2 Å². The van der Waals surface area contributed by atoms with Crippen LogP contribution < -0.4 is 10.0 Å².